The van der Waals surface area contributed by atoms with E-state index in [0.717, 1.165) is 16.7 Å². The summed E-state index contributed by atoms with van der Waals surface area (Å²) in [7, 11) is -4.05. The standard InChI is InChI=1S/C23H24N6O4S/c24-34(31,32)33-12-15-10-16(11-19(15)30)27-22-20-23(26-13-25-22)29-21(28-20)18-9-5-4-8-17(18)14-6-2-1-3-7-14/h1-9,13,15-16,19,30H,10-12H2,(H2,24,31,32)(H2,25,26,27,28,29)/t15-,16+,19-/m0/s1. The molecule has 5 rings (SSSR count). The van der Waals surface area contributed by atoms with Gasteiger partial charge in [-0.2, -0.15) is 8.42 Å². The molecule has 3 atom stereocenters. The smallest absolute Gasteiger partial charge is 0.333 e. The summed E-state index contributed by atoms with van der Waals surface area (Å²) in [4.78, 5) is 16.7. The average molecular weight is 481 g/mol. The summed E-state index contributed by atoms with van der Waals surface area (Å²) in [6.07, 6.45) is 1.64. The van der Waals surface area contributed by atoms with Crippen LogP contribution in [0.25, 0.3) is 33.7 Å². The van der Waals surface area contributed by atoms with Crippen molar-refractivity contribution in [1.82, 2.24) is 19.9 Å². The molecule has 34 heavy (non-hydrogen) atoms. The molecule has 1 aliphatic carbocycles. The predicted molar refractivity (Wildman–Crippen MR) is 128 cm³/mol. The molecule has 11 heteroatoms. The zero-order chi connectivity index (χ0) is 23.7. The van der Waals surface area contributed by atoms with Crippen molar-refractivity contribution in [3.8, 4) is 22.5 Å². The van der Waals surface area contributed by atoms with Gasteiger partial charge in [-0.1, -0.05) is 54.6 Å². The van der Waals surface area contributed by atoms with Crippen LogP contribution in [0.5, 0.6) is 0 Å². The summed E-state index contributed by atoms with van der Waals surface area (Å²) < 4.78 is 26.8. The van der Waals surface area contributed by atoms with E-state index in [1.54, 1.807) is 0 Å². The van der Waals surface area contributed by atoms with Gasteiger partial charge in [-0.05, 0) is 24.0 Å². The lowest BCUT2D eigenvalue weighted by Gasteiger charge is -2.14. The third-order valence-electron chi connectivity index (χ3n) is 6.00. The zero-order valence-electron chi connectivity index (χ0n) is 18.1. The van der Waals surface area contributed by atoms with Crippen molar-refractivity contribution in [3.63, 3.8) is 0 Å². The molecule has 10 nitrogen and oxygen atoms in total. The fourth-order valence-corrected chi connectivity index (χ4v) is 4.76. The van der Waals surface area contributed by atoms with Gasteiger partial charge >= 0.3 is 10.3 Å². The van der Waals surface area contributed by atoms with Gasteiger partial charge in [0.25, 0.3) is 0 Å². The van der Waals surface area contributed by atoms with E-state index < -0.39 is 16.4 Å². The molecule has 0 saturated heterocycles. The average Bonchev–Trinajstić information content (AvgIpc) is 3.41. The van der Waals surface area contributed by atoms with Gasteiger partial charge in [0.15, 0.2) is 11.5 Å². The van der Waals surface area contributed by atoms with Crippen molar-refractivity contribution >= 4 is 27.3 Å². The Labute approximate surface area is 196 Å². The van der Waals surface area contributed by atoms with Gasteiger partial charge in [0, 0.05) is 17.5 Å². The van der Waals surface area contributed by atoms with Gasteiger partial charge in [0.05, 0.1) is 12.7 Å². The lowest BCUT2D eigenvalue weighted by Crippen LogP contribution is -2.24. The van der Waals surface area contributed by atoms with E-state index in [2.05, 4.69) is 36.6 Å². The summed E-state index contributed by atoms with van der Waals surface area (Å²) in [6, 6.07) is 17.9. The van der Waals surface area contributed by atoms with Crippen molar-refractivity contribution in [2.75, 3.05) is 11.9 Å². The first kappa shape index (κ1) is 22.4. The minimum Gasteiger partial charge on any atom is -0.393 e. The normalized spacial score (nSPS) is 20.6. The largest absolute Gasteiger partial charge is 0.393 e. The van der Waals surface area contributed by atoms with Gasteiger partial charge in [0.2, 0.25) is 0 Å². The summed E-state index contributed by atoms with van der Waals surface area (Å²) in [6.45, 7) is -0.165. The van der Waals surface area contributed by atoms with Crippen molar-refractivity contribution in [2.24, 2.45) is 11.1 Å². The molecular formula is C23H24N6O4S. The molecule has 4 aromatic rings. The molecular weight excluding hydrogens is 456 g/mol. The molecule has 0 spiro atoms. The molecule has 2 heterocycles. The second-order valence-electron chi connectivity index (χ2n) is 8.34. The van der Waals surface area contributed by atoms with Crippen LogP contribution in [0.2, 0.25) is 0 Å². The maximum absolute atomic E-state index is 11.1. The highest BCUT2D eigenvalue weighted by Gasteiger charge is 2.34. The number of rotatable bonds is 7. The SMILES string of the molecule is NS(=O)(=O)OC[C@@H]1C[C@@H](Nc2ncnc3nc(-c4ccccc4-c4ccccc4)[nH]c23)C[C@@H]1O. The van der Waals surface area contributed by atoms with Crippen LogP contribution in [0.15, 0.2) is 60.9 Å². The van der Waals surface area contributed by atoms with Crippen LogP contribution in [-0.2, 0) is 14.5 Å². The van der Waals surface area contributed by atoms with Crippen LogP contribution in [-0.4, -0.2) is 52.2 Å². The van der Waals surface area contributed by atoms with E-state index >= 15 is 0 Å². The van der Waals surface area contributed by atoms with Crippen LogP contribution in [0, 0.1) is 5.92 Å². The van der Waals surface area contributed by atoms with Crippen LogP contribution >= 0.6 is 0 Å². The molecule has 1 fully saturated rings. The van der Waals surface area contributed by atoms with Crippen molar-refractivity contribution in [2.45, 2.75) is 25.0 Å². The van der Waals surface area contributed by atoms with Gasteiger partial charge < -0.3 is 15.4 Å². The Balaban J connectivity index is 1.41. The number of hydrogen-bond acceptors (Lipinski definition) is 8. The minimum atomic E-state index is -4.05. The Morgan fingerprint density at radius 2 is 1.79 bits per heavy atom. The summed E-state index contributed by atoms with van der Waals surface area (Å²) in [5, 5.41) is 18.6. The number of fused-ring (bicyclic) bond motifs is 1. The Hall–Kier alpha value is -3.38. The molecule has 2 aromatic carbocycles. The maximum Gasteiger partial charge on any atom is 0.333 e. The number of aliphatic hydroxyl groups is 1. The fraction of sp³-hybridized carbons (Fsp3) is 0.261. The Morgan fingerprint density at radius 1 is 1.06 bits per heavy atom. The van der Waals surface area contributed by atoms with Crippen molar-refractivity contribution < 1.29 is 17.7 Å². The van der Waals surface area contributed by atoms with E-state index in [0.29, 0.717) is 35.6 Å². The number of aliphatic hydroxyl groups excluding tert-OH is 1. The van der Waals surface area contributed by atoms with E-state index in [1.165, 1.54) is 6.33 Å². The summed E-state index contributed by atoms with van der Waals surface area (Å²) in [5.41, 5.74) is 4.23. The second kappa shape index (κ2) is 9.11. The second-order valence-corrected chi connectivity index (χ2v) is 9.56. The number of H-pyrrole nitrogens is 1. The van der Waals surface area contributed by atoms with Crippen molar-refractivity contribution in [1.29, 1.82) is 0 Å². The van der Waals surface area contributed by atoms with E-state index in [4.69, 9.17) is 10.1 Å². The molecule has 176 valence electrons. The molecule has 0 unspecified atom stereocenters. The number of aromatic amines is 1. The third-order valence-corrected chi connectivity index (χ3v) is 6.46. The lowest BCUT2D eigenvalue weighted by atomic mass is 9.99. The van der Waals surface area contributed by atoms with Crippen LogP contribution < -0.4 is 10.5 Å². The highest BCUT2D eigenvalue weighted by Crippen LogP contribution is 2.33. The summed E-state index contributed by atoms with van der Waals surface area (Å²) in [5.74, 6) is 0.873. The number of nitrogens with two attached hydrogens (primary N) is 1. The topological polar surface area (TPSA) is 156 Å². The molecule has 0 aliphatic heterocycles. The van der Waals surface area contributed by atoms with Crippen LogP contribution in [0.1, 0.15) is 12.8 Å². The highest BCUT2D eigenvalue weighted by atomic mass is 32.2. The molecule has 2 aromatic heterocycles. The Bertz CT molecular complexity index is 1410. The number of benzene rings is 2. The van der Waals surface area contributed by atoms with Crippen LogP contribution in [0.4, 0.5) is 5.82 Å². The first-order chi connectivity index (χ1) is 16.4. The molecule has 1 saturated carbocycles. The van der Waals surface area contributed by atoms with Gasteiger partial charge in [-0.25, -0.2) is 20.1 Å². The Morgan fingerprint density at radius 3 is 2.56 bits per heavy atom. The number of nitrogens with one attached hydrogen (secondary N) is 2. The number of aromatic nitrogens is 4. The summed E-state index contributed by atoms with van der Waals surface area (Å²) >= 11 is 0. The van der Waals surface area contributed by atoms with E-state index in [9.17, 15) is 13.5 Å². The lowest BCUT2D eigenvalue weighted by molar-refractivity contribution is 0.101. The molecule has 1 aliphatic rings. The van der Waals surface area contributed by atoms with Gasteiger partial charge in [-0.15, -0.1) is 0 Å². The highest BCUT2D eigenvalue weighted by molar-refractivity contribution is 7.84. The monoisotopic (exact) mass is 480 g/mol. The quantitative estimate of drug-likeness (QED) is 0.314. The Kier molecular flexibility index (Phi) is 6.00. The van der Waals surface area contributed by atoms with Crippen LogP contribution in [0.3, 0.4) is 0 Å². The predicted octanol–water partition coefficient (Wildman–Crippen LogP) is 2.46. The molecule has 5 N–H and O–H groups in total. The van der Waals surface area contributed by atoms with E-state index in [-0.39, 0.29) is 18.6 Å². The van der Waals surface area contributed by atoms with E-state index in [1.807, 2.05) is 42.5 Å². The fourth-order valence-electron chi connectivity index (χ4n) is 4.40. The number of imidazole rings is 1. The molecule has 0 radical (unpaired) electrons. The molecule has 0 bridgehead atoms. The minimum absolute atomic E-state index is 0.134. The maximum atomic E-state index is 11.1. The number of anilines is 1. The number of hydrogen-bond donors (Lipinski definition) is 4. The van der Waals surface area contributed by atoms with Gasteiger partial charge in [0.1, 0.15) is 17.7 Å². The third kappa shape index (κ3) is 4.77. The first-order valence-corrected chi connectivity index (χ1v) is 12.3. The number of nitrogens with zero attached hydrogens (tertiary/aromatic N) is 3. The zero-order valence-corrected chi connectivity index (χ0v) is 18.9. The van der Waals surface area contributed by atoms with Crippen molar-refractivity contribution in [3.05, 3.63) is 60.9 Å². The first-order valence-electron chi connectivity index (χ1n) is 10.8. The molecule has 0 amide bonds. The van der Waals surface area contributed by atoms with Gasteiger partial charge in [-0.3, -0.25) is 4.18 Å².